The average molecular weight is 403 g/mol. The van der Waals surface area contributed by atoms with E-state index in [4.69, 9.17) is 0 Å². The van der Waals surface area contributed by atoms with Crippen molar-refractivity contribution in [1.29, 1.82) is 0 Å². The van der Waals surface area contributed by atoms with Gasteiger partial charge < -0.3 is 9.88 Å². The molecule has 0 aliphatic carbocycles. The van der Waals surface area contributed by atoms with E-state index in [0.29, 0.717) is 0 Å². The van der Waals surface area contributed by atoms with Gasteiger partial charge in [0.25, 0.3) is 0 Å². The zero-order chi connectivity index (χ0) is 20.4. The van der Waals surface area contributed by atoms with Gasteiger partial charge in [0.1, 0.15) is 16.5 Å². The maximum atomic E-state index is 12.9. The Morgan fingerprint density at radius 3 is 2.14 bits per heavy atom. The summed E-state index contributed by atoms with van der Waals surface area (Å²) in [4.78, 5) is 22.2. The highest BCUT2D eigenvalue weighted by molar-refractivity contribution is 7.16. The monoisotopic (exact) mass is 402 g/mol. The molecule has 146 valence electrons. The number of rotatable bonds is 5. The van der Waals surface area contributed by atoms with Gasteiger partial charge in [0, 0.05) is 18.2 Å². The van der Waals surface area contributed by atoms with E-state index in [0.717, 1.165) is 44.0 Å². The highest BCUT2D eigenvalue weighted by atomic mass is 32.1. The molecule has 5 nitrogen and oxygen atoms in total. The van der Waals surface area contributed by atoms with Gasteiger partial charge in [-0.3, -0.25) is 4.79 Å². The summed E-state index contributed by atoms with van der Waals surface area (Å²) in [6.07, 6.45) is 0.243. The molecule has 0 bridgehead atoms. The number of amides is 1. The number of hydrogen-bond donors (Lipinski definition) is 1. The van der Waals surface area contributed by atoms with Gasteiger partial charge in [-0.25, -0.2) is 9.97 Å². The molecule has 2 aromatic heterocycles. The summed E-state index contributed by atoms with van der Waals surface area (Å²) < 4.78 is 1.98. The van der Waals surface area contributed by atoms with Crippen LogP contribution in [0.1, 0.15) is 16.5 Å². The summed E-state index contributed by atoms with van der Waals surface area (Å²) in [7, 11) is 1.95. The molecule has 0 saturated heterocycles. The molecular formula is C23H22N4OS. The Morgan fingerprint density at radius 2 is 1.52 bits per heavy atom. The van der Waals surface area contributed by atoms with Crippen molar-refractivity contribution in [1.82, 2.24) is 14.5 Å². The van der Waals surface area contributed by atoms with Gasteiger partial charge in [0.2, 0.25) is 5.91 Å². The van der Waals surface area contributed by atoms with Crippen LogP contribution in [0.4, 0.5) is 5.00 Å². The van der Waals surface area contributed by atoms with E-state index < -0.39 is 0 Å². The molecule has 0 atom stereocenters. The number of imidazole rings is 1. The van der Waals surface area contributed by atoms with E-state index >= 15 is 0 Å². The van der Waals surface area contributed by atoms with E-state index in [9.17, 15) is 4.79 Å². The van der Waals surface area contributed by atoms with Crippen LogP contribution in [-0.2, 0) is 18.3 Å². The topological polar surface area (TPSA) is 59.8 Å². The fraction of sp³-hybridized carbons (Fsp3) is 0.174. The summed E-state index contributed by atoms with van der Waals surface area (Å²) in [5.41, 5.74) is 4.57. The molecule has 2 aromatic carbocycles. The first-order chi connectivity index (χ1) is 14.0. The molecule has 0 radical (unpaired) electrons. The second-order valence-corrected chi connectivity index (χ2v) is 8.08. The third kappa shape index (κ3) is 3.98. The second-order valence-electron chi connectivity index (χ2n) is 6.88. The third-order valence-corrected chi connectivity index (χ3v) is 5.73. The number of nitrogens with one attached hydrogen (secondary N) is 1. The third-order valence-electron chi connectivity index (χ3n) is 4.85. The van der Waals surface area contributed by atoms with Crippen LogP contribution < -0.4 is 5.32 Å². The van der Waals surface area contributed by atoms with Crippen molar-refractivity contribution < 1.29 is 4.79 Å². The summed E-state index contributed by atoms with van der Waals surface area (Å²) in [5.74, 6) is 0.802. The quantitative estimate of drug-likeness (QED) is 0.510. The Hall–Kier alpha value is -3.25. The van der Waals surface area contributed by atoms with Gasteiger partial charge in [-0.1, -0.05) is 60.7 Å². The van der Waals surface area contributed by atoms with E-state index in [2.05, 4.69) is 15.3 Å². The van der Waals surface area contributed by atoms with Crippen LogP contribution >= 0.6 is 11.3 Å². The van der Waals surface area contributed by atoms with Crippen molar-refractivity contribution in [2.24, 2.45) is 7.05 Å². The van der Waals surface area contributed by atoms with Gasteiger partial charge in [-0.2, -0.15) is 0 Å². The zero-order valence-corrected chi connectivity index (χ0v) is 17.5. The molecule has 29 heavy (non-hydrogen) atoms. The molecule has 6 heteroatoms. The van der Waals surface area contributed by atoms with Crippen molar-refractivity contribution in [3.05, 3.63) is 77.2 Å². The lowest BCUT2D eigenvalue weighted by Gasteiger charge is -2.08. The zero-order valence-electron chi connectivity index (χ0n) is 16.6. The Kier molecular flexibility index (Phi) is 5.27. The van der Waals surface area contributed by atoms with Crippen LogP contribution in [-0.4, -0.2) is 20.4 Å². The number of carbonyl (C=O) groups excluding carboxylic acids is 1. The molecule has 0 spiro atoms. The minimum absolute atomic E-state index is 0.0778. The smallest absolute Gasteiger partial charge is 0.231 e. The Bertz CT molecular complexity index is 1150. The van der Waals surface area contributed by atoms with E-state index in [1.807, 2.05) is 86.1 Å². The maximum absolute atomic E-state index is 12.9. The number of benzene rings is 2. The lowest BCUT2D eigenvalue weighted by Crippen LogP contribution is -2.16. The van der Waals surface area contributed by atoms with Crippen molar-refractivity contribution in [2.75, 3.05) is 5.32 Å². The number of carbonyl (C=O) groups is 1. The number of aryl methyl sites for hydroxylation is 2. The molecule has 0 aliphatic rings. The maximum Gasteiger partial charge on any atom is 0.231 e. The van der Waals surface area contributed by atoms with Crippen LogP contribution in [0.3, 0.4) is 0 Å². The van der Waals surface area contributed by atoms with E-state index in [1.54, 1.807) is 0 Å². The Morgan fingerprint density at radius 1 is 0.931 bits per heavy atom. The molecular weight excluding hydrogens is 380 g/mol. The first-order valence-electron chi connectivity index (χ1n) is 9.43. The number of aromatic nitrogens is 3. The van der Waals surface area contributed by atoms with E-state index in [1.165, 1.54) is 11.3 Å². The molecule has 4 aromatic rings. The standard InChI is InChI=1S/C23H22N4OS/c1-15-24-21(17-10-6-4-7-11-17)19(27(15)3)14-20(28)26-23-22(25-16(2)29-23)18-12-8-5-9-13-18/h4-13H,14H2,1-3H3,(H,26,28). The fourth-order valence-corrected chi connectivity index (χ4v) is 4.17. The van der Waals surface area contributed by atoms with Crippen LogP contribution in [0.2, 0.25) is 0 Å². The van der Waals surface area contributed by atoms with Gasteiger partial charge >= 0.3 is 0 Å². The van der Waals surface area contributed by atoms with Crippen LogP contribution in [0.5, 0.6) is 0 Å². The lowest BCUT2D eigenvalue weighted by atomic mass is 10.1. The molecule has 4 rings (SSSR count). The molecule has 0 fully saturated rings. The molecule has 0 saturated carbocycles. The largest absolute Gasteiger partial charge is 0.334 e. The molecule has 1 amide bonds. The molecule has 2 heterocycles. The summed E-state index contributed by atoms with van der Waals surface area (Å²) in [6.45, 7) is 3.90. The highest BCUT2D eigenvalue weighted by Gasteiger charge is 2.19. The number of nitrogens with zero attached hydrogens (tertiary/aromatic N) is 3. The molecule has 0 aliphatic heterocycles. The minimum Gasteiger partial charge on any atom is -0.334 e. The number of anilines is 1. The Labute approximate surface area is 174 Å². The minimum atomic E-state index is -0.0778. The summed E-state index contributed by atoms with van der Waals surface area (Å²) >= 11 is 1.49. The van der Waals surface area contributed by atoms with Crippen molar-refractivity contribution in [3.63, 3.8) is 0 Å². The predicted molar refractivity (Wildman–Crippen MR) is 118 cm³/mol. The summed E-state index contributed by atoms with van der Waals surface area (Å²) in [6, 6.07) is 19.9. The number of hydrogen-bond acceptors (Lipinski definition) is 4. The van der Waals surface area contributed by atoms with Gasteiger partial charge in [-0.15, -0.1) is 11.3 Å². The SMILES string of the molecule is Cc1nc(-c2ccccc2)c(NC(=O)Cc2c(-c3ccccc3)nc(C)n2C)s1. The first kappa shape index (κ1) is 19.1. The van der Waals surface area contributed by atoms with Crippen molar-refractivity contribution in [2.45, 2.75) is 20.3 Å². The molecule has 0 unspecified atom stereocenters. The lowest BCUT2D eigenvalue weighted by molar-refractivity contribution is -0.115. The van der Waals surface area contributed by atoms with Crippen LogP contribution in [0.15, 0.2) is 60.7 Å². The van der Waals surface area contributed by atoms with Crippen LogP contribution in [0, 0.1) is 13.8 Å². The second kappa shape index (κ2) is 8.01. The average Bonchev–Trinajstić information content (AvgIpc) is 3.23. The van der Waals surface area contributed by atoms with Crippen molar-refractivity contribution >= 4 is 22.2 Å². The predicted octanol–water partition coefficient (Wildman–Crippen LogP) is 5.01. The first-order valence-corrected chi connectivity index (χ1v) is 10.2. The van der Waals surface area contributed by atoms with Gasteiger partial charge in [0.15, 0.2) is 0 Å². The Balaban J connectivity index is 1.61. The van der Waals surface area contributed by atoms with Crippen LogP contribution in [0.25, 0.3) is 22.5 Å². The van der Waals surface area contributed by atoms with Crippen molar-refractivity contribution in [3.8, 4) is 22.5 Å². The highest BCUT2D eigenvalue weighted by Crippen LogP contribution is 2.33. The molecule has 1 N–H and O–H groups in total. The normalized spacial score (nSPS) is 10.9. The fourth-order valence-electron chi connectivity index (χ4n) is 3.31. The van der Waals surface area contributed by atoms with Gasteiger partial charge in [-0.05, 0) is 13.8 Å². The number of thiazole rings is 1. The van der Waals surface area contributed by atoms with Gasteiger partial charge in [0.05, 0.1) is 22.8 Å². The summed E-state index contributed by atoms with van der Waals surface area (Å²) in [5, 5.41) is 4.76. The van der Waals surface area contributed by atoms with E-state index in [-0.39, 0.29) is 12.3 Å².